The molecule has 4 rings (SSSR count). The van der Waals surface area contributed by atoms with Gasteiger partial charge >= 0.3 is 0 Å². The topological polar surface area (TPSA) is 70.2 Å². The number of aryl methyl sites for hydroxylation is 1. The molecule has 0 aliphatic heterocycles. The summed E-state index contributed by atoms with van der Waals surface area (Å²) in [5.74, 6) is 1.35. The lowest BCUT2D eigenvalue weighted by Gasteiger charge is -2.10. The number of fused-ring (bicyclic) bond motifs is 1. The number of thiophene rings is 1. The highest BCUT2D eigenvalue weighted by Crippen LogP contribution is 2.32. The van der Waals surface area contributed by atoms with Gasteiger partial charge in [-0.15, -0.1) is 11.3 Å². The summed E-state index contributed by atoms with van der Waals surface area (Å²) in [6.45, 7) is 2.76. The van der Waals surface area contributed by atoms with Gasteiger partial charge in [0.15, 0.2) is 5.16 Å². The van der Waals surface area contributed by atoms with E-state index in [4.69, 9.17) is 14.2 Å². The smallest absolute Gasteiger partial charge is 0.263 e. The second-order valence-electron chi connectivity index (χ2n) is 6.26. The lowest BCUT2D eigenvalue weighted by molar-refractivity contribution is 0.183. The van der Waals surface area contributed by atoms with Gasteiger partial charge in [0, 0.05) is 23.8 Å². The van der Waals surface area contributed by atoms with Crippen LogP contribution in [0, 0.1) is 6.92 Å². The van der Waals surface area contributed by atoms with Crippen LogP contribution in [0.15, 0.2) is 56.9 Å². The first-order chi connectivity index (χ1) is 13.7. The zero-order valence-corrected chi connectivity index (χ0v) is 17.2. The van der Waals surface area contributed by atoms with Crippen molar-refractivity contribution in [2.45, 2.75) is 24.4 Å². The molecule has 0 N–H and O–H groups in total. The minimum absolute atomic E-state index is 0.0423. The number of thioether (sulfide) groups is 1. The molecule has 3 heterocycles. The highest BCUT2D eigenvalue weighted by molar-refractivity contribution is 7.98. The Morgan fingerprint density at radius 2 is 2.07 bits per heavy atom. The van der Waals surface area contributed by atoms with Gasteiger partial charge in [-0.3, -0.25) is 9.36 Å². The Kier molecular flexibility index (Phi) is 5.61. The standard InChI is InChI=1S/C20H19N3O3S2/c1-13-10-15(22-26-13)12-27-20-21-18-16(19(24)23(20)8-9-25-2)11-17(28-18)14-6-4-3-5-7-14/h3-7,10-11H,8-9,12H2,1-2H3. The van der Waals surface area contributed by atoms with Gasteiger partial charge in [-0.25, -0.2) is 4.98 Å². The molecular weight excluding hydrogens is 394 g/mol. The van der Waals surface area contributed by atoms with Crippen LogP contribution in [0.2, 0.25) is 0 Å². The first kappa shape index (κ1) is 18.9. The predicted octanol–water partition coefficient (Wildman–Crippen LogP) is 4.36. The summed E-state index contributed by atoms with van der Waals surface area (Å²) in [5, 5.41) is 5.32. The Morgan fingerprint density at radius 1 is 1.25 bits per heavy atom. The number of nitrogens with zero attached hydrogens (tertiary/aromatic N) is 3. The van der Waals surface area contributed by atoms with Gasteiger partial charge < -0.3 is 9.26 Å². The molecule has 144 valence electrons. The number of rotatable bonds is 7. The molecule has 0 radical (unpaired) electrons. The highest BCUT2D eigenvalue weighted by Gasteiger charge is 2.16. The average molecular weight is 414 g/mol. The van der Waals surface area contributed by atoms with Crippen LogP contribution in [0.25, 0.3) is 20.7 Å². The molecule has 0 saturated carbocycles. The minimum atomic E-state index is -0.0423. The molecule has 0 unspecified atom stereocenters. The van der Waals surface area contributed by atoms with Gasteiger partial charge in [-0.1, -0.05) is 47.3 Å². The number of aromatic nitrogens is 3. The maximum atomic E-state index is 13.1. The van der Waals surface area contributed by atoms with Crippen molar-refractivity contribution in [2.75, 3.05) is 13.7 Å². The Hall–Kier alpha value is -2.42. The van der Waals surface area contributed by atoms with Crippen molar-refractivity contribution in [2.24, 2.45) is 0 Å². The highest BCUT2D eigenvalue weighted by atomic mass is 32.2. The number of benzene rings is 1. The zero-order chi connectivity index (χ0) is 19.5. The third-order valence-electron chi connectivity index (χ3n) is 4.22. The van der Waals surface area contributed by atoms with E-state index in [2.05, 4.69) is 5.16 Å². The van der Waals surface area contributed by atoms with Crippen molar-refractivity contribution in [1.29, 1.82) is 0 Å². The van der Waals surface area contributed by atoms with Crippen molar-refractivity contribution in [3.8, 4) is 10.4 Å². The van der Waals surface area contributed by atoms with Crippen molar-refractivity contribution < 1.29 is 9.26 Å². The Morgan fingerprint density at radius 3 is 2.79 bits per heavy atom. The molecule has 0 atom stereocenters. The second kappa shape index (κ2) is 8.30. The van der Waals surface area contributed by atoms with E-state index in [1.54, 1.807) is 11.7 Å². The number of ether oxygens (including phenoxy) is 1. The lowest BCUT2D eigenvalue weighted by Crippen LogP contribution is -2.24. The molecule has 0 aliphatic carbocycles. The van der Waals surface area contributed by atoms with Crippen molar-refractivity contribution in [3.05, 3.63) is 64.3 Å². The molecular formula is C20H19N3O3S2. The maximum absolute atomic E-state index is 13.1. The van der Waals surface area contributed by atoms with Crippen LogP contribution < -0.4 is 5.56 Å². The van der Waals surface area contributed by atoms with E-state index in [0.717, 1.165) is 26.7 Å². The minimum Gasteiger partial charge on any atom is -0.383 e. The summed E-state index contributed by atoms with van der Waals surface area (Å²) in [6, 6.07) is 13.9. The number of hydrogen-bond acceptors (Lipinski definition) is 7. The lowest BCUT2D eigenvalue weighted by atomic mass is 10.2. The van der Waals surface area contributed by atoms with Gasteiger partial charge in [0.1, 0.15) is 10.6 Å². The van der Waals surface area contributed by atoms with Crippen LogP contribution in [0.5, 0.6) is 0 Å². The quantitative estimate of drug-likeness (QED) is 0.331. The van der Waals surface area contributed by atoms with Crippen molar-refractivity contribution in [1.82, 2.24) is 14.7 Å². The zero-order valence-electron chi connectivity index (χ0n) is 15.5. The van der Waals surface area contributed by atoms with Gasteiger partial charge in [0.25, 0.3) is 5.56 Å². The Bertz CT molecular complexity index is 1150. The molecule has 6 nitrogen and oxygen atoms in total. The second-order valence-corrected chi connectivity index (χ2v) is 8.23. The van der Waals surface area contributed by atoms with E-state index in [1.807, 2.05) is 49.4 Å². The maximum Gasteiger partial charge on any atom is 0.263 e. The van der Waals surface area contributed by atoms with E-state index in [1.165, 1.54) is 23.1 Å². The summed E-state index contributed by atoms with van der Waals surface area (Å²) < 4.78 is 12.0. The van der Waals surface area contributed by atoms with Crippen LogP contribution in [0.3, 0.4) is 0 Å². The molecule has 8 heteroatoms. The third kappa shape index (κ3) is 3.89. The molecule has 0 amide bonds. The predicted molar refractivity (Wildman–Crippen MR) is 112 cm³/mol. The van der Waals surface area contributed by atoms with E-state index >= 15 is 0 Å². The molecule has 4 aromatic rings. The van der Waals surface area contributed by atoms with E-state index in [-0.39, 0.29) is 5.56 Å². The fourth-order valence-corrected chi connectivity index (χ4v) is 4.84. The van der Waals surface area contributed by atoms with Crippen molar-refractivity contribution in [3.63, 3.8) is 0 Å². The first-order valence-electron chi connectivity index (χ1n) is 8.79. The van der Waals surface area contributed by atoms with Gasteiger partial charge in [-0.05, 0) is 18.6 Å². The molecule has 0 spiro atoms. The van der Waals surface area contributed by atoms with E-state index in [0.29, 0.717) is 29.4 Å². The fraction of sp³-hybridized carbons (Fsp3) is 0.250. The Labute approximate surface area is 170 Å². The summed E-state index contributed by atoms with van der Waals surface area (Å²) in [6.07, 6.45) is 0. The van der Waals surface area contributed by atoms with Crippen LogP contribution in [-0.2, 0) is 17.0 Å². The SMILES string of the molecule is COCCn1c(SCc2cc(C)on2)nc2sc(-c3ccccc3)cc2c1=O. The summed E-state index contributed by atoms with van der Waals surface area (Å²) in [7, 11) is 1.63. The summed E-state index contributed by atoms with van der Waals surface area (Å²) in [4.78, 5) is 19.7. The Balaban J connectivity index is 1.74. The van der Waals surface area contributed by atoms with E-state index in [9.17, 15) is 4.79 Å². The number of methoxy groups -OCH3 is 1. The van der Waals surface area contributed by atoms with Gasteiger partial charge in [0.2, 0.25) is 0 Å². The molecule has 0 saturated heterocycles. The average Bonchev–Trinajstić information content (AvgIpc) is 3.33. The normalized spacial score (nSPS) is 11.4. The van der Waals surface area contributed by atoms with Crippen LogP contribution in [-0.4, -0.2) is 28.4 Å². The monoisotopic (exact) mass is 413 g/mol. The molecule has 3 aromatic heterocycles. The third-order valence-corrected chi connectivity index (χ3v) is 6.31. The molecule has 0 bridgehead atoms. The largest absolute Gasteiger partial charge is 0.383 e. The molecule has 0 fully saturated rings. The summed E-state index contributed by atoms with van der Waals surface area (Å²) >= 11 is 3.01. The van der Waals surface area contributed by atoms with Gasteiger partial charge in [0.05, 0.1) is 24.2 Å². The first-order valence-corrected chi connectivity index (χ1v) is 10.6. The summed E-state index contributed by atoms with van der Waals surface area (Å²) in [5.41, 5.74) is 1.87. The fourth-order valence-electron chi connectivity index (χ4n) is 2.86. The molecule has 1 aromatic carbocycles. The van der Waals surface area contributed by atoms with Crippen molar-refractivity contribution >= 4 is 33.3 Å². The molecule has 28 heavy (non-hydrogen) atoms. The molecule has 0 aliphatic rings. The van der Waals surface area contributed by atoms with E-state index < -0.39 is 0 Å². The van der Waals surface area contributed by atoms with Gasteiger partial charge in [-0.2, -0.15) is 0 Å². The van der Waals surface area contributed by atoms with Crippen LogP contribution in [0.4, 0.5) is 0 Å². The van der Waals surface area contributed by atoms with Crippen LogP contribution in [0.1, 0.15) is 11.5 Å². The number of hydrogen-bond donors (Lipinski definition) is 0. The van der Waals surface area contributed by atoms with Crippen LogP contribution >= 0.6 is 23.1 Å².